The van der Waals surface area contributed by atoms with Crippen molar-refractivity contribution in [2.75, 3.05) is 19.1 Å². The van der Waals surface area contributed by atoms with Gasteiger partial charge in [-0.2, -0.15) is 0 Å². The van der Waals surface area contributed by atoms with Gasteiger partial charge in [-0.15, -0.1) is 0 Å². The fourth-order valence-corrected chi connectivity index (χ4v) is 1.53. The topological polar surface area (TPSA) is 66.8 Å². The number of ether oxygens (including phenoxy) is 1. The standard InChI is InChI=1S/C13H17NO4/c1-13(2,12(16)17)11(15)14(3)9-7-5-6-8-10(9)18-4/h5-8H,1-4H3,(H,16,17). The van der Waals surface area contributed by atoms with Crippen molar-refractivity contribution in [3.05, 3.63) is 24.3 Å². The first-order valence-electron chi connectivity index (χ1n) is 5.47. The first-order chi connectivity index (χ1) is 8.32. The van der Waals surface area contributed by atoms with Crippen molar-refractivity contribution in [3.63, 3.8) is 0 Å². The number of anilines is 1. The first-order valence-corrected chi connectivity index (χ1v) is 5.47. The summed E-state index contributed by atoms with van der Waals surface area (Å²) in [5.41, 5.74) is -0.936. The minimum atomic E-state index is -1.48. The lowest BCUT2D eigenvalue weighted by Crippen LogP contribution is -2.43. The quantitative estimate of drug-likeness (QED) is 0.828. The molecule has 0 atom stereocenters. The predicted octanol–water partition coefficient (Wildman–Crippen LogP) is 1.77. The van der Waals surface area contributed by atoms with E-state index in [-0.39, 0.29) is 0 Å². The maximum atomic E-state index is 12.2. The van der Waals surface area contributed by atoms with E-state index in [9.17, 15) is 9.59 Å². The van der Waals surface area contributed by atoms with E-state index < -0.39 is 17.3 Å². The number of methoxy groups -OCH3 is 1. The molecule has 1 rings (SSSR count). The van der Waals surface area contributed by atoms with E-state index >= 15 is 0 Å². The van der Waals surface area contributed by atoms with E-state index in [1.165, 1.54) is 32.9 Å². The second-order valence-corrected chi connectivity index (χ2v) is 4.47. The molecule has 0 unspecified atom stereocenters. The third-order valence-electron chi connectivity index (χ3n) is 2.82. The summed E-state index contributed by atoms with van der Waals surface area (Å²) in [5, 5.41) is 9.06. The van der Waals surface area contributed by atoms with E-state index in [1.807, 2.05) is 0 Å². The zero-order chi connectivity index (χ0) is 13.9. The Morgan fingerprint density at radius 2 is 1.83 bits per heavy atom. The Kier molecular flexibility index (Phi) is 3.96. The maximum absolute atomic E-state index is 12.2. The number of carbonyl (C=O) groups is 2. The summed E-state index contributed by atoms with van der Waals surface area (Å²) in [6.07, 6.45) is 0. The molecule has 0 aliphatic carbocycles. The van der Waals surface area contributed by atoms with Gasteiger partial charge in [0.1, 0.15) is 11.2 Å². The Bertz CT molecular complexity index is 468. The summed E-state index contributed by atoms with van der Waals surface area (Å²) in [6.45, 7) is 2.76. The summed E-state index contributed by atoms with van der Waals surface area (Å²) < 4.78 is 5.15. The molecule has 0 saturated heterocycles. The molecule has 98 valence electrons. The number of nitrogens with zero attached hydrogens (tertiary/aromatic N) is 1. The number of hydrogen-bond donors (Lipinski definition) is 1. The molecule has 1 N–H and O–H groups in total. The molecule has 1 aromatic carbocycles. The van der Waals surface area contributed by atoms with Crippen LogP contribution in [0.1, 0.15) is 13.8 Å². The second kappa shape index (κ2) is 5.08. The van der Waals surface area contributed by atoms with Crippen LogP contribution >= 0.6 is 0 Å². The number of carboxylic acid groups (broad SMARTS) is 1. The third kappa shape index (κ3) is 2.45. The molecular formula is C13H17NO4. The molecule has 5 heteroatoms. The van der Waals surface area contributed by atoms with Crippen LogP contribution in [0.2, 0.25) is 0 Å². The zero-order valence-electron chi connectivity index (χ0n) is 10.9. The molecule has 0 spiro atoms. The van der Waals surface area contributed by atoms with Gasteiger partial charge in [0, 0.05) is 7.05 Å². The second-order valence-electron chi connectivity index (χ2n) is 4.47. The Labute approximate surface area is 106 Å². The van der Waals surface area contributed by atoms with Crippen molar-refractivity contribution in [2.45, 2.75) is 13.8 Å². The average molecular weight is 251 g/mol. The minimum Gasteiger partial charge on any atom is -0.495 e. The zero-order valence-corrected chi connectivity index (χ0v) is 10.9. The van der Waals surface area contributed by atoms with Crippen molar-refractivity contribution in [1.29, 1.82) is 0 Å². The molecule has 5 nitrogen and oxygen atoms in total. The molecule has 0 fully saturated rings. The SMILES string of the molecule is COc1ccccc1N(C)C(=O)C(C)(C)C(=O)O. The van der Waals surface area contributed by atoms with E-state index in [0.29, 0.717) is 11.4 Å². The fraction of sp³-hybridized carbons (Fsp3) is 0.385. The van der Waals surface area contributed by atoms with E-state index in [1.54, 1.807) is 24.3 Å². The number of carboxylic acids is 1. The van der Waals surface area contributed by atoms with Gasteiger partial charge in [0.05, 0.1) is 12.8 Å². The molecule has 1 aromatic rings. The summed E-state index contributed by atoms with van der Waals surface area (Å²) in [4.78, 5) is 24.5. The van der Waals surface area contributed by atoms with Crippen LogP contribution in [0.4, 0.5) is 5.69 Å². The number of benzene rings is 1. The smallest absolute Gasteiger partial charge is 0.318 e. The van der Waals surface area contributed by atoms with Crippen LogP contribution in [0.5, 0.6) is 5.75 Å². The van der Waals surface area contributed by atoms with Crippen molar-refractivity contribution in [1.82, 2.24) is 0 Å². The lowest BCUT2D eigenvalue weighted by Gasteiger charge is -2.27. The highest BCUT2D eigenvalue weighted by Crippen LogP contribution is 2.30. The van der Waals surface area contributed by atoms with Crippen LogP contribution in [-0.2, 0) is 9.59 Å². The molecule has 1 amide bonds. The summed E-state index contributed by atoms with van der Waals surface area (Å²) in [7, 11) is 3.03. The van der Waals surface area contributed by atoms with E-state index in [2.05, 4.69) is 0 Å². The number of rotatable bonds is 4. The third-order valence-corrected chi connectivity index (χ3v) is 2.82. The van der Waals surface area contributed by atoms with E-state index in [0.717, 1.165) is 0 Å². The lowest BCUT2D eigenvalue weighted by molar-refractivity contribution is -0.152. The van der Waals surface area contributed by atoms with Crippen LogP contribution in [0.3, 0.4) is 0 Å². The van der Waals surface area contributed by atoms with Crippen LogP contribution in [0, 0.1) is 5.41 Å². The normalized spacial score (nSPS) is 10.9. The van der Waals surface area contributed by atoms with Gasteiger partial charge in [0.25, 0.3) is 0 Å². The van der Waals surface area contributed by atoms with Crippen molar-refractivity contribution < 1.29 is 19.4 Å². The lowest BCUT2D eigenvalue weighted by atomic mass is 9.92. The fourth-order valence-electron chi connectivity index (χ4n) is 1.53. The molecule has 18 heavy (non-hydrogen) atoms. The minimum absolute atomic E-state index is 0.500. The summed E-state index contributed by atoms with van der Waals surface area (Å²) >= 11 is 0. The van der Waals surface area contributed by atoms with Gasteiger partial charge >= 0.3 is 5.97 Å². The van der Waals surface area contributed by atoms with Gasteiger partial charge in [0.15, 0.2) is 0 Å². The largest absolute Gasteiger partial charge is 0.495 e. The molecule has 0 aliphatic rings. The van der Waals surface area contributed by atoms with Gasteiger partial charge in [-0.05, 0) is 26.0 Å². The monoisotopic (exact) mass is 251 g/mol. The Hall–Kier alpha value is -2.04. The van der Waals surface area contributed by atoms with Crippen LogP contribution in [-0.4, -0.2) is 31.1 Å². The number of carbonyl (C=O) groups excluding carboxylic acids is 1. The molecule has 0 heterocycles. The van der Waals surface area contributed by atoms with Gasteiger partial charge in [-0.25, -0.2) is 0 Å². The van der Waals surface area contributed by atoms with Gasteiger partial charge < -0.3 is 14.7 Å². The maximum Gasteiger partial charge on any atom is 0.318 e. The van der Waals surface area contributed by atoms with Crippen molar-refractivity contribution >= 4 is 17.6 Å². The average Bonchev–Trinajstić information content (AvgIpc) is 2.36. The van der Waals surface area contributed by atoms with Crippen LogP contribution < -0.4 is 9.64 Å². The summed E-state index contributed by atoms with van der Waals surface area (Å²) in [6, 6.07) is 6.96. The summed E-state index contributed by atoms with van der Waals surface area (Å²) in [5.74, 6) is -1.14. The van der Waals surface area contributed by atoms with E-state index in [4.69, 9.17) is 9.84 Å². The molecule has 0 aliphatic heterocycles. The number of hydrogen-bond acceptors (Lipinski definition) is 3. The Morgan fingerprint density at radius 1 is 1.28 bits per heavy atom. The highest BCUT2D eigenvalue weighted by molar-refractivity contribution is 6.09. The molecule has 0 saturated carbocycles. The molecule has 0 radical (unpaired) electrons. The van der Waals surface area contributed by atoms with Gasteiger partial charge in [0.2, 0.25) is 5.91 Å². The highest BCUT2D eigenvalue weighted by atomic mass is 16.5. The number of para-hydroxylation sites is 2. The van der Waals surface area contributed by atoms with Gasteiger partial charge in [-0.1, -0.05) is 12.1 Å². The van der Waals surface area contributed by atoms with Crippen molar-refractivity contribution in [2.24, 2.45) is 5.41 Å². The van der Waals surface area contributed by atoms with Crippen LogP contribution in [0.25, 0.3) is 0 Å². The van der Waals surface area contributed by atoms with Crippen LogP contribution in [0.15, 0.2) is 24.3 Å². The highest BCUT2D eigenvalue weighted by Gasteiger charge is 2.39. The number of amides is 1. The predicted molar refractivity (Wildman–Crippen MR) is 67.8 cm³/mol. The van der Waals surface area contributed by atoms with Gasteiger partial charge in [-0.3, -0.25) is 9.59 Å². The molecule has 0 aromatic heterocycles. The molecule has 0 bridgehead atoms. The van der Waals surface area contributed by atoms with Crippen molar-refractivity contribution in [3.8, 4) is 5.75 Å². The number of aliphatic carboxylic acids is 1. The first kappa shape index (κ1) is 14.0. The Morgan fingerprint density at radius 3 is 2.33 bits per heavy atom. The Balaban J connectivity index is 3.11. The molecular weight excluding hydrogens is 234 g/mol.